The van der Waals surface area contributed by atoms with Gasteiger partial charge in [-0.15, -0.1) is 0 Å². The number of nitrogens with one attached hydrogen (secondary N) is 1. The first kappa shape index (κ1) is 6.62. The van der Waals surface area contributed by atoms with Crippen LogP contribution in [0.15, 0.2) is 0 Å². The first-order chi connectivity index (χ1) is 4.75. The van der Waals surface area contributed by atoms with Crippen molar-refractivity contribution in [3.8, 4) is 0 Å². The molecule has 0 amide bonds. The molecule has 2 heteroatoms. The number of rotatable bonds is 1. The third kappa shape index (κ3) is 0.789. The van der Waals surface area contributed by atoms with Crippen LogP contribution in [0.25, 0.3) is 0 Å². The van der Waals surface area contributed by atoms with E-state index < -0.39 is 0 Å². The van der Waals surface area contributed by atoms with E-state index in [1.807, 2.05) is 0 Å². The Labute approximate surface area is 62.6 Å². The van der Waals surface area contributed by atoms with Gasteiger partial charge >= 0.3 is 0 Å². The number of hydrogen-bond acceptors (Lipinski definition) is 2. The maximum atomic E-state index is 3.43. The first-order valence-electron chi connectivity index (χ1n) is 4.22. The second-order valence-electron chi connectivity index (χ2n) is 3.87. The zero-order valence-electron chi connectivity index (χ0n) is 6.85. The van der Waals surface area contributed by atoms with Gasteiger partial charge in [0.25, 0.3) is 0 Å². The van der Waals surface area contributed by atoms with E-state index in [2.05, 4.69) is 24.1 Å². The van der Waals surface area contributed by atoms with Crippen LogP contribution in [0.3, 0.4) is 0 Å². The summed E-state index contributed by atoms with van der Waals surface area (Å²) in [6, 6.07) is 0.720. The quantitative estimate of drug-likeness (QED) is 0.579. The maximum absolute atomic E-state index is 3.43. The molecule has 1 aliphatic carbocycles. The van der Waals surface area contributed by atoms with Gasteiger partial charge in [-0.05, 0) is 26.7 Å². The summed E-state index contributed by atoms with van der Waals surface area (Å²) < 4.78 is 0. The van der Waals surface area contributed by atoms with E-state index in [1.165, 1.54) is 19.4 Å². The molecule has 1 heterocycles. The molecule has 0 aromatic heterocycles. The van der Waals surface area contributed by atoms with E-state index in [9.17, 15) is 0 Å². The molecule has 0 bridgehead atoms. The summed E-state index contributed by atoms with van der Waals surface area (Å²) in [5.74, 6) is 0. The van der Waals surface area contributed by atoms with Crippen molar-refractivity contribution in [2.45, 2.75) is 38.3 Å². The molecular formula is C8H16N2. The summed E-state index contributed by atoms with van der Waals surface area (Å²) in [6.07, 6.45) is 2.83. The van der Waals surface area contributed by atoms with Gasteiger partial charge in [-0.1, -0.05) is 0 Å². The van der Waals surface area contributed by atoms with Crippen molar-refractivity contribution in [3.63, 3.8) is 0 Å². The lowest BCUT2D eigenvalue weighted by Gasteiger charge is -2.26. The van der Waals surface area contributed by atoms with E-state index in [0.29, 0.717) is 5.54 Å². The molecule has 1 N–H and O–H groups in total. The van der Waals surface area contributed by atoms with Gasteiger partial charge in [0, 0.05) is 24.8 Å². The minimum Gasteiger partial charge on any atom is -0.302 e. The standard InChI is InChI=1S/C8H16N2/c1-7(2)10-6-9-5-8(10)3-4-8/h7,9H,3-6H2,1-2H3. The van der Waals surface area contributed by atoms with Gasteiger partial charge in [0.2, 0.25) is 0 Å². The zero-order chi connectivity index (χ0) is 7.19. The highest BCUT2D eigenvalue weighted by Gasteiger charge is 2.51. The molecule has 0 radical (unpaired) electrons. The average Bonchev–Trinajstić information content (AvgIpc) is 2.42. The molecule has 0 aromatic carbocycles. The summed E-state index contributed by atoms with van der Waals surface area (Å²) in [5.41, 5.74) is 0.605. The molecule has 0 atom stereocenters. The van der Waals surface area contributed by atoms with Crippen molar-refractivity contribution in [2.75, 3.05) is 13.2 Å². The Hall–Kier alpha value is -0.0800. The second-order valence-corrected chi connectivity index (χ2v) is 3.87. The second kappa shape index (κ2) is 1.95. The van der Waals surface area contributed by atoms with Crippen LogP contribution >= 0.6 is 0 Å². The molecule has 58 valence electrons. The molecule has 1 saturated heterocycles. The van der Waals surface area contributed by atoms with Crippen LogP contribution in [0.2, 0.25) is 0 Å². The summed E-state index contributed by atoms with van der Waals surface area (Å²) in [4.78, 5) is 2.59. The van der Waals surface area contributed by atoms with E-state index in [1.54, 1.807) is 0 Å². The fourth-order valence-corrected chi connectivity index (χ4v) is 2.02. The van der Waals surface area contributed by atoms with Crippen molar-refractivity contribution >= 4 is 0 Å². The van der Waals surface area contributed by atoms with Gasteiger partial charge in [-0.3, -0.25) is 4.90 Å². The Balaban J connectivity index is 2.07. The minimum atomic E-state index is 0.605. The van der Waals surface area contributed by atoms with Crippen LogP contribution in [0.5, 0.6) is 0 Å². The molecule has 2 nitrogen and oxygen atoms in total. The smallest absolute Gasteiger partial charge is 0.0489 e. The van der Waals surface area contributed by atoms with Gasteiger partial charge < -0.3 is 5.32 Å². The predicted octanol–water partition coefficient (Wildman–Crippen LogP) is 0.790. The van der Waals surface area contributed by atoms with Crippen molar-refractivity contribution < 1.29 is 0 Å². The van der Waals surface area contributed by atoms with Crippen LogP contribution in [-0.4, -0.2) is 29.7 Å². The summed E-state index contributed by atoms with van der Waals surface area (Å²) in [5, 5.41) is 3.43. The Kier molecular flexibility index (Phi) is 1.29. The van der Waals surface area contributed by atoms with Crippen molar-refractivity contribution in [2.24, 2.45) is 0 Å². The molecule has 1 saturated carbocycles. The Morgan fingerprint density at radius 2 is 2.10 bits per heavy atom. The molecule has 2 rings (SSSR count). The lowest BCUT2D eigenvalue weighted by atomic mass is 10.2. The highest BCUT2D eigenvalue weighted by atomic mass is 15.4. The largest absolute Gasteiger partial charge is 0.302 e. The molecule has 10 heavy (non-hydrogen) atoms. The summed E-state index contributed by atoms with van der Waals surface area (Å²) >= 11 is 0. The third-order valence-corrected chi connectivity index (χ3v) is 2.80. The zero-order valence-corrected chi connectivity index (χ0v) is 6.85. The predicted molar refractivity (Wildman–Crippen MR) is 41.8 cm³/mol. The van der Waals surface area contributed by atoms with Crippen molar-refractivity contribution in [1.29, 1.82) is 0 Å². The maximum Gasteiger partial charge on any atom is 0.0489 e. The first-order valence-corrected chi connectivity index (χ1v) is 4.22. The number of nitrogens with zero attached hydrogens (tertiary/aromatic N) is 1. The monoisotopic (exact) mass is 140 g/mol. The van der Waals surface area contributed by atoms with Crippen LogP contribution in [0.4, 0.5) is 0 Å². The SMILES string of the molecule is CC(C)N1CNCC12CC2. The average molecular weight is 140 g/mol. The lowest BCUT2D eigenvalue weighted by molar-refractivity contribution is 0.191. The van der Waals surface area contributed by atoms with Crippen LogP contribution in [-0.2, 0) is 0 Å². The van der Waals surface area contributed by atoms with Gasteiger partial charge in [-0.25, -0.2) is 0 Å². The Morgan fingerprint density at radius 1 is 1.40 bits per heavy atom. The summed E-state index contributed by atoms with van der Waals surface area (Å²) in [6.45, 7) is 6.91. The van der Waals surface area contributed by atoms with Crippen LogP contribution in [0, 0.1) is 0 Å². The van der Waals surface area contributed by atoms with E-state index in [0.717, 1.165) is 12.7 Å². The highest BCUT2D eigenvalue weighted by Crippen LogP contribution is 2.44. The van der Waals surface area contributed by atoms with Gasteiger partial charge in [-0.2, -0.15) is 0 Å². The molecule has 2 aliphatic rings. The molecule has 1 spiro atoms. The molecule has 0 aromatic rings. The minimum absolute atomic E-state index is 0.605. The normalized spacial score (nSPS) is 30.3. The van der Waals surface area contributed by atoms with E-state index in [4.69, 9.17) is 0 Å². The van der Waals surface area contributed by atoms with Crippen molar-refractivity contribution in [1.82, 2.24) is 10.2 Å². The topological polar surface area (TPSA) is 15.3 Å². The van der Waals surface area contributed by atoms with E-state index >= 15 is 0 Å². The van der Waals surface area contributed by atoms with Crippen LogP contribution in [0.1, 0.15) is 26.7 Å². The van der Waals surface area contributed by atoms with Gasteiger partial charge in [0.1, 0.15) is 0 Å². The molecular weight excluding hydrogens is 124 g/mol. The molecule has 1 aliphatic heterocycles. The van der Waals surface area contributed by atoms with Crippen LogP contribution < -0.4 is 5.32 Å². The lowest BCUT2D eigenvalue weighted by Crippen LogP contribution is -2.38. The number of hydrogen-bond donors (Lipinski definition) is 1. The Morgan fingerprint density at radius 3 is 2.50 bits per heavy atom. The van der Waals surface area contributed by atoms with Gasteiger partial charge in [0.15, 0.2) is 0 Å². The third-order valence-electron chi connectivity index (χ3n) is 2.80. The molecule has 2 fully saturated rings. The highest BCUT2D eigenvalue weighted by molar-refractivity contribution is 5.09. The fourth-order valence-electron chi connectivity index (χ4n) is 2.02. The van der Waals surface area contributed by atoms with E-state index in [-0.39, 0.29) is 0 Å². The molecule has 0 unspecified atom stereocenters. The van der Waals surface area contributed by atoms with Gasteiger partial charge in [0.05, 0.1) is 0 Å². The fraction of sp³-hybridized carbons (Fsp3) is 1.00. The summed E-state index contributed by atoms with van der Waals surface area (Å²) in [7, 11) is 0. The van der Waals surface area contributed by atoms with Crippen molar-refractivity contribution in [3.05, 3.63) is 0 Å². The Bertz CT molecular complexity index is 138.